The Kier molecular flexibility index (Phi) is 9.11. The largest absolute Gasteiger partial charge is 0.494 e. The van der Waals surface area contributed by atoms with E-state index in [2.05, 4.69) is 47.4 Å². The van der Waals surface area contributed by atoms with Crippen LogP contribution in [0.3, 0.4) is 0 Å². The van der Waals surface area contributed by atoms with Gasteiger partial charge in [-0.05, 0) is 73.4 Å². The summed E-state index contributed by atoms with van der Waals surface area (Å²) in [4.78, 5) is 15.0. The van der Waals surface area contributed by atoms with Crippen molar-refractivity contribution in [3.8, 4) is 5.75 Å². The van der Waals surface area contributed by atoms with Crippen LogP contribution in [0.25, 0.3) is 0 Å². The second kappa shape index (κ2) is 12.5. The number of hydrogen-bond donors (Lipinski definition) is 1. The molecule has 4 nitrogen and oxygen atoms in total. The number of aliphatic carboxylic acids is 1. The average Bonchev–Trinajstić information content (AvgIpc) is 2.80. The molecule has 0 saturated heterocycles. The van der Waals surface area contributed by atoms with Gasteiger partial charge in [0.15, 0.2) is 0 Å². The molecule has 0 unspecified atom stereocenters. The molecule has 0 aliphatic rings. The van der Waals surface area contributed by atoms with Crippen molar-refractivity contribution in [1.29, 1.82) is 0 Å². The SMILES string of the molecule is O=C(O)CCc1ccc(CCc2ccc(OCCCCCc3ccccc3)cc2)cn1. The number of ether oxygens (including phenoxy) is 1. The fourth-order valence-corrected chi connectivity index (χ4v) is 3.47. The minimum atomic E-state index is -0.790. The van der Waals surface area contributed by atoms with Gasteiger partial charge in [0.05, 0.1) is 13.0 Å². The Labute approximate surface area is 184 Å². The van der Waals surface area contributed by atoms with E-state index < -0.39 is 5.97 Å². The number of carbonyl (C=O) groups is 1. The Bertz CT molecular complexity index is 905. The van der Waals surface area contributed by atoms with Gasteiger partial charge in [0.25, 0.3) is 0 Å². The topological polar surface area (TPSA) is 59.4 Å². The van der Waals surface area contributed by atoms with Crippen molar-refractivity contribution in [3.05, 3.63) is 95.3 Å². The molecule has 0 radical (unpaired) electrons. The van der Waals surface area contributed by atoms with Crippen molar-refractivity contribution in [2.45, 2.75) is 51.4 Å². The number of carboxylic acids is 1. The smallest absolute Gasteiger partial charge is 0.303 e. The Morgan fingerprint density at radius 2 is 1.45 bits per heavy atom. The van der Waals surface area contributed by atoms with E-state index in [1.165, 1.54) is 24.0 Å². The van der Waals surface area contributed by atoms with Crippen LogP contribution in [0.1, 0.15) is 48.1 Å². The fraction of sp³-hybridized carbons (Fsp3) is 0.333. The number of nitrogens with zero attached hydrogens (tertiary/aromatic N) is 1. The molecule has 0 amide bonds. The highest BCUT2D eigenvalue weighted by Gasteiger charge is 2.02. The molecule has 31 heavy (non-hydrogen) atoms. The van der Waals surface area contributed by atoms with Crippen molar-refractivity contribution in [2.24, 2.45) is 0 Å². The molecule has 0 bridgehead atoms. The third-order valence-corrected chi connectivity index (χ3v) is 5.33. The van der Waals surface area contributed by atoms with E-state index in [4.69, 9.17) is 9.84 Å². The van der Waals surface area contributed by atoms with Gasteiger partial charge in [-0.15, -0.1) is 0 Å². The lowest BCUT2D eigenvalue weighted by Crippen LogP contribution is -2.00. The fourth-order valence-electron chi connectivity index (χ4n) is 3.47. The molecule has 0 aliphatic carbocycles. The van der Waals surface area contributed by atoms with Gasteiger partial charge in [0.2, 0.25) is 0 Å². The van der Waals surface area contributed by atoms with Gasteiger partial charge in [-0.25, -0.2) is 0 Å². The van der Waals surface area contributed by atoms with E-state index in [1.807, 2.05) is 30.5 Å². The molecular weight excluding hydrogens is 386 g/mol. The molecule has 4 heteroatoms. The quantitative estimate of drug-likeness (QED) is 0.364. The normalized spacial score (nSPS) is 10.7. The first-order valence-electron chi connectivity index (χ1n) is 11.1. The molecule has 3 aromatic rings. The first kappa shape index (κ1) is 22.5. The molecule has 2 aromatic carbocycles. The predicted octanol–water partition coefficient (Wildman–Crippen LogP) is 5.68. The van der Waals surface area contributed by atoms with Crippen LogP contribution in [0.5, 0.6) is 5.75 Å². The average molecular weight is 418 g/mol. The van der Waals surface area contributed by atoms with Gasteiger partial charge in [0.1, 0.15) is 5.75 Å². The lowest BCUT2D eigenvalue weighted by molar-refractivity contribution is -0.136. The van der Waals surface area contributed by atoms with E-state index in [1.54, 1.807) is 0 Å². The van der Waals surface area contributed by atoms with E-state index in [0.717, 1.165) is 49.3 Å². The Morgan fingerprint density at radius 3 is 2.16 bits per heavy atom. The van der Waals surface area contributed by atoms with Gasteiger partial charge < -0.3 is 9.84 Å². The Morgan fingerprint density at radius 1 is 0.742 bits per heavy atom. The van der Waals surface area contributed by atoms with Crippen LogP contribution in [0.4, 0.5) is 0 Å². The molecule has 0 saturated carbocycles. The number of pyridine rings is 1. The van der Waals surface area contributed by atoms with Gasteiger partial charge in [-0.1, -0.05) is 48.5 Å². The summed E-state index contributed by atoms with van der Waals surface area (Å²) in [5.74, 6) is 0.137. The maximum absolute atomic E-state index is 10.6. The second-order valence-electron chi connectivity index (χ2n) is 7.84. The zero-order valence-electron chi connectivity index (χ0n) is 18.0. The maximum atomic E-state index is 10.6. The Balaban J connectivity index is 1.31. The van der Waals surface area contributed by atoms with Crippen molar-refractivity contribution in [2.75, 3.05) is 6.61 Å². The summed E-state index contributed by atoms with van der Waals surface area (Å²) in [7, 11) is 0. The van der Waals surface area contributed by atoms with Crippen molar-refractivity contribution in [1.82, 2.24) is 4.98 Å². The molecular formula is C27H31NO3. The highest BCUT2D eigenvalue weighted by Crippen LogP contribution is 2.15. The molecule has 1 N–H and O–H groups in total. The number of aryl methyl sites for hydroxylation is 4. The molecule has 0 aliphatic heterocycles. The molecule has 3 rings (SSSR count). The number of unbranched alkanes of at least 4 members (excludes halogenated alkanes) is 2. The van der Waals surface area contributed by atoms with Gasteiger partial charge in [0, 0.05) is 18.3 Å². The van der Waals surface area contributed by atoms with Gasteiger partial charge in [-0.3, -0.25) is 9.78 Å². The minimum Gasteiger partial charge on any atom is -0.494 e. The predicted molar refractivity (Wildman–Crippen MR) is 124 cm³/mol. The number of carboxylic acid groups (broad SMARTS) is 1. The highest BCUT2D eigenvalue weighted by molar-refractivity contribution is 5.66. The van der Waals surface area contributed by atoms with E-state index >= 15 is 0 Å². The van der Waals surface area contributed by atoms with E-state index in [0.29, 0.717) is 6.42 Å². The third-order valence-electron chi connectivity index (χ3n) is 5.33. The van der Waals surface area contributed by atoms with Crippen molar-refractivity contribution < 1.29 is 14.6 Å². The lowest BCUT2D eigenvalue weighted by atomic mass is 10.1. The summed E-state index contributed by atoms with van der Waals surface area (Å²) in [5, 5.41) is 8.74. The van der Waals surface area contributed by atoms with Crippen LogP contribution in [0, 0.1) is 0 Å². The summed E-state index contributed by atoms with van der Waals surface area (Å²) in [6.07, 6.45) is 8.88. The van der Waals surface area contributed by atoms with Gasteiger partial charge in [-0.2, -0.15) is 0 Å². The maximum Gasteiger partial charge on any atom is 0.303 e. The van der Waals surface area contributed by atoms with E-state index in [-0.39, 0.29) is 6.42 Å². The number of benzene rings is 2. The van der Waals surface area contributed by atoms with Crippen molar-refractivity contribution >= 4 is 5.97 Å². The van der Waals surface area contributed by atoms with Crippen LogP contribution in [0.2, 0.25) is 0 Å². The zero-order valence-corrected chi connectivity index (χ0v) is 18.0. The van der Waals surface area contributed by atoms with Crippen LogP contribution >= 0.6 is 0 Å². The van der Waals surface area contributed by atoms with Crippen LogP contribution in [-0.4, -0.2) is 22.7 Å². The third kappa shape index (κ3) is 8.63. The van der Waals surface area contributed by atoms with Gasteiger partial charge >= 0.3 is 5.97 Å². The summed E-state index contributed by atoms with van der Waals surface area (Å²) in [5.41, 5.74) is 4.66. The number of rotatable bonds is 13. The standard InChI is InChI=1S/C27H31NO3/c29-27(30)19-16-25-15-12-24(21-28-25)11-10-23-13-17-26(18-14-23)31-20-6-2-5-9-22-7-3-1-4-8-22/h1,3-4,7-8,12-15,17-18,21H,2,5-6,9-11,16,19-20H2,(H,29,30). The molecule has 1 heterocycles. The molecule has 0 fully saturated rings. The molecule has 0 spiro atoms. The number of aromatic nitrogens is 1. The summed E-state index contributed by atoms with van der Waals surface area (Å²) in [6.45, 7) is 0.758. The molecule has 162 valence electrons. The Hall–Kier alpha value is -3.14. The summed E-state index contributed by atoms with van der Waals surface area (Å²) >= 11 is 0. The first-order chi connectivity index (χ1) is 15.2. The number of hydrogen-bond acceptors (Lipinski definition) is 3. The zero-order chi connectivity index (χ0) is 21.7. The van der Waals surface area contributed by atoms with Crippen molar-refractivity contribution in [3.63, 3.8) is 0 Å². The highest BCUT2D eigenvalue weighted by atomic mass is 16.5. The molecule has 1 aromatic heterocycles. The summed E-state index contributed by atoms with van der Waals surface area (Å²) < 4.78 is 5.88. The first-order valence-corrected chi connectivity index (χ1v) is 11.1. The van der Waals surface area contributed by atoms with Crippen LogP contribution < -0.4 is 4.74 Å². The summed E-state index contributed by atoms with van der Waals surface area (Å²) in [6, 6.07) is 22.9. The minimum absolute atomic E-state index is 0.119. The van der Waals surface area contributed by atoms with Crippen LogP contribution in [0.15, 0.2) is 72.9 Å². The monoisotopic (exact) mass is 417 g/mol. The van der Waals surface area contributed by atoms with E-state index in [9.17, 15) is 4.79 Å². The van der Waals surface area contributed by atoms with Crippen LogP contribution in [-0.2, 0) is 30.5 Å². The molecule has 0 atom stereocenters. The lowest BCUT2D eigenvalue weighted by Gasteiger charge is -2.08. The second-order valence-corrected chi connectivity index (χ2v) is 7.84.